The second kappa shape index (κ2) is 7.62. The highest BCUT2D eigenvalue weighted by molar-refractivity contribution is 7.91. The zero-order chi connectivity index (χ0) is 20.5. The van der Waals surface area contributed by atoms with E-state index in [1.165, 1.54) is 36.4 Å². The molecule has 0 amide bonds. The van der Waals surface area contributed by atoms with E-state index >= 15 is 0 Å². The summed E-state index contributed by atoms with van der Waals surface area (Å²) in [5.74, 6) is -0.212. The van der Waals surface area contributed by atoms with Crippen LogP contribution < -0.4 is 4.74 Å². The lowest BCUT2D eigenvalue weighted by Gasteiger charge is -2.12. The Morgan fingerprint density at radius 3 is 2.04 bits per heavy atom. The van der Waals surface area contributed by atoms with Crippen molar-refractivity contribution in [1.29, 1.82) is 0 Å². The van der Waals surface area contributed by atoms with Gasteiger partial charge >= 0.3 is 6.18 Å². The fourth-order valence-electron chi connectivity index (χ4n) is 2.26. The molecule has 146 valence electrons. The summed E-state index contributed by atoms with van der Waals surface area (Å²) in [5, 5.41) is -1.20. The number of halogens is 5. The van der Waals surface area contributed by atoms with Crippen molar-refractivity contribution in [2.45, 2.75) is 16.0 Å². The molecule has 0 saturated carbocycles. The highest BCUT2D eigenvalue weighted by Gasteiger charge is 2.35. The van der Waals surface area contributed by atoms with E-state index in [9.17, 15) is 21.6 Å². The maximum Gasteiger partial charge on any atom is 0.419 e. The molecule has 0 radical (unpaired) electrons. The van der Waals surface area contributed by atoms with Crippen LogP contribution in [0.4, 0.5) is 13.2 Å². The summed E-state index contributed by atoms with van der Waals surface area (Å²) in [7, 11) is -3.71. The van der Waals surface area contributed by atoms with Crippen LogP contribution in [0.1, 0.15) is 5.56 Å². The number of alkyl halides is 3. The number of ether oxygens (including phenoxy) is 1. The van der Waals surface area contributed by atoms with Crippen LogP contribution in [0, 0.1) is 0 Å². The number of nitrogens with zero attached hydrogens (tertiary/aromatic N) is 1. The van der Waals surface area contributed by atoms with Gasteiger partial charge in [-0.15, -0.1) is 0 Å². The average Bonchev–Trinajstić information content (AvgIpc) is 2.64. The summed E-state index contributed by atoms with van der Waals surface area (Å²) < 4.78 is 68.8. The Bertz CT molecular complexity index is 1100. The zero-order valence-corrected chi connectivity index (χ0v) is 16.1. The van der Waals surface area contributed by atoms with E-state index < -0.39 is 31.8 Å². The predicted molar refractivity (Wildman–Crippen MR) is 97.7 cm³/mol. The number of pyridine rings is 1. The topological polar surface area (TPSA) is 56.3 Å². The smallest absolute Gasteiger partial charge is 0.419 e. The molecule has 4 nitrogen and oxygen atoms in total. The Kier molecular flexibility index (Phi) is 5.56. The molecule has 28 heavy (non-hydrogen) atoms. The van der Waals surface area contributed by atoms with E-state index in [-0.39, 0.29) is 21.4 Å². The largest absolute Gasteiger partial charge is 0.437 e. The third-order valence-electron chi connectivity index (χ3n) is 3.60. The lowest BCUT2D eigenvalue weighted by molar-refractivity contribution is -0.137. The van der Waals surface area contributed by atoms with E-state index in [0.29, 0.717) is 6.07 Å². The van der Waals surface area contributed by atoms with Crippen molar-refractivity contribution in [2.24, 2.45) is 0 Å². The number of rotatable bonds is 4. The molecule has 0 unspecified atom stereocenters. The molecule has 10 heteroatoms. The molecule has 0 aliphatic rings. The minimum absolute atomic E-state index is 0.0237. The van der Waals surface area contributed by atoms with Gasteiger partial charge in [0.1, 0.15) is 15.9 Å². The first kappa shape index (κ1) is 20.4. The second-order valence-electron chi connectivity index (χ2n) is 5.50. The minimum Gasteiger partial charge on any atom is -0.437 e. The molecule has 1 aromatic heterocycles. The Morgan fingerprint density at radius 2 is 1.46 bits per heavy atom. The van der Waals surface area contributed by atoms with Gasteiger partial charge in [0.05, 0.1) is 15.4 Å². The molecule has 0 N–H and O–H groups in total. The lowest BCUT2D eigenvalue weighted by Crippen LogP contribution is -2.07. The molecule has 0 aliphatic carbocycles. The van der Waals surface area contributed by atoms with Crippen LogP contribution in [0.15, 0.2) is 70.5 Å². The van der Waals surface area contributed by atoms with Crippen molar-refractivity contribution in [1.82, 2.24) is 4.98 Å². The van der Waals surface area contributed by atoms with Gasteiger partial charge in [0.25, 0.3) is 0 Å². The summed E-state index contributed by atoms with van der Waals surface area (Å²) >= 11 is 11.4. The number of sulfone groups is 1. The quantitative estimate of drug-likeness (QED) is 0.458. The van der Waals surface area contributed by atoms with Crippen LogP contribution in [0.25, 0.3) is 0 Å². The Hall–Kier alpha value is -2.29. The van der Waals surface area contributed by atoms with Gasteiger partial charge in [-0.05, 0) is 42.5 Å². The molecule has 0 fully saturated rings. The van der Waals surface area contributed by atoms with Crippen LogP contribution in [-0.4, -0.2) is 13.4 Å². The van der Waals surface area contributed by atoms with Gasteiger partial charge in [0.2, 0.25) is 15.7 Å². The molecule has 0 aliphatic heterocycles. The molecular weight excluding hydrogens is 438 g/mol. The van der Waals surface area contributed by atoms with E-state index in [4.69, 9.17) is 27.9 Å². The molecule has 0 saturated heterocycles. The number of hydrogen-bond donors (Lipinski definition) is 0. The average molecular weight is 448 g/mol. The van der Waals surface area contributed by atoms with Crippen molar-refractivity contribution < 1.29 is 26.3 Å². The first-order chi connectivity index (χ1) is 13.1. The molecule has 0 bridgehead atoms. The summed E-state index contributed by atoms with van der Waals surface area (Å²) in [5.41, 5.74) is -1.18. The third-order valence-corrected chi connectivity index (χ3v) is 5.95. The standard InChI is InChI=1S/C18H10Cl2F3NO3S/c19-15-10-14(18(21,22)23)16(20)24-17(15)27-11-6-8-13(9-7-11)28(25,26)12-4-2-1-3-5-12/h1-10H. The van der Waals surface area contributed by atoms with E-state index in [1.807, 2.05) is 0 Å². The molecule has 3 rings (SSSR count). The monoisotopic (exact) mass is 447 g/mol. The van der Waals surface area contributed by atoms with Gasteiger partial charge < -0.3 is 4.74 Å². The van der Waals surface area contributed by atoms with E-state index in [0.717, 1.165) is 0 Å². The van der Waals surface area contributed by atoms with E-state index in [2.05, 4.69) is 4.98 Å². The number of hydrogen-bond acceptors (Lipinski definition) is 4. The second-order valence-corrected chi connectivity index (χ2v) is 8.22. The van der Waals surface area contributed by atoms with Crippen molar-refractivity contribution >= 4 is 33.0 Å². The van der Waals surface area contributed by atoms with Gasteiger partial charge in [-0.25, -0.2) is 8.42 Å². The molecule has 0 atom stereocenters. The summed E-state index contributed by atoms with van der Waals surface area (Å²) in [6.45, 7) is 0. The first-order valence-electron chi connectivity index (χ1n) is 7.60. The van der Waals surface area contributed by atoms with Crippen molar-refractivity contribution in [3.63, 3.8) is 0 Å². The first-order valence-corrected chi connectivity index (χ1v) is 9.84. The summed E-state index contributed by atoms with van der Waals surface area (Å²) in [6.07, 6.45) is -4.71. The highest BCUT2D eigenvalue weighted by atomic mass is 35.5. The van der Waals surface area contributed by atoms with E-state index in [1.54, 1.807) is 18.2 Å². The Balaban J connectivity index is 1.87. The molecular formula is C18H10Cl2F3NO3S. The highest BCUT2D eigenvalue weighted by Crippen LogP contribution is 2.39. The number of aromatic nitrogens is 1. The summed E-state index contributed by atoms with van der Waals surface area (Å²) in [6, 6.07) is 13.7. The van der Waals surface area contributed by atoms with Crippen molar-refractivity contribution in [2.75, 3.05) is 0 Å². The van der Waals surface area contributed by atoms with Crippen molar-refractivity contribution in [3.8, 4) is 11.6 Å². The Labute approximate surface area is 168 Å². The van der Waals surface area contributed by atoms with Crippen LogP contribution in [0.2, 0.25) is 10.2 Å². The molecule has 3 aromatic rings. The fourth-order valence-corrected chi connectivity index (χ4v) is 3.97. The van der Waals surface area contributed by atoms with Gasteiger partial charge in [0, 0.05) is 0 Å². The van der Waals surface area contributed by atoms with Crippen molar-refractivity contribution in [3.05, 3.63) is 76.4 Å². The van der Waals surface area contributed by atoms with Gasteiger partial charge in [-0.1, -0.05) is 41.4 Å². The molecule has 0 spiro atoms. The lowest BCUT2D eigenvalue weighted by atomic mass is 10.3. The van der Waals surface area contributed by atoms with Crippen LogP contribution in [0.3, 0.4) is 0 Å². The predicted octanol–water partition coefficient (Wildman–Crippen LogP) is 6.03. The summed E-state index contributed by atoms with van der Waals surface area (Å²) in [4.78, 5) is 3.68. The molecule has 1 heterocycles. The van der Waals surface area contributed by atoms with Crippen LogP contribution >= 0.6 is 23.2 Å². The maximum absolute atomic E-state index is 12.8. The molecule has 2 aromatic carbocycles. The SMILES string of the molecule is O=S(=O)(c1ccccc1)c1ccc(Oc2nc(Cl)c(C(F)(F)F)cc2Cl)cc1. The van der Waals surface area contributed by atoms with Gasteiger partial charge in [-0.3, -0.25) is 0 Å². The maximum atomic E-state index is 12.8. The third kappa shape index (κ3) is 4.24. The normalized spacial score (nSPS) is 12.0. The Morgan fingerprint density at radius 1 is 0.893 bits per heavy atom. The zero-order valence-electron chi connectivity index (χ0n) is 13.7. The van der Waals surface area contributed by atoms with Gasteiger partial charge in [-0.2, -0.15) is 18.2 Å². The van der Waals surface area contributed by atoms with Gasteiger partial charge in [0.15, 0.2) is 0 Å². The minimum atomic E-state index is -4.71. The van der Waals surface area contributed by atoms with Crippen LogP contribution in [0.5, 0.6) is 11.6 Å². The number of benzene rings is 2. The fraction of sp³-hybridized carbons (Fsp3) is 0.0556. The van der Waals surface area contributed by atoms with Crippen LogP contribution in [-0.2, 0) is 16.0 Å².